The molecule has 0 aliphatic rings. The van der Waals surface area contributed by atoms with Crippen LogP contribution in [0.1, 0.15) is 11.4 Å². The zero-order chi connectivity index (χ0) is 12.0. The predicted octanol–water partition coefficient (Wildman–Crippen LogP) is 1.39. The molecule has 7 heteroatoms. The first-order valence-electron chi connectivity index (χ1n) is 4.83. The maximum atomic E-state index is 11.7. The molecule has 0 saturated heterocycles. The van der Waals surface area contributed by atoms with Gasteiger partial charge in [-0.15, -0.1) is 0 Å². The molecular weight excluding hydrogens is 223 g/mol. The number of aromatic amines is 1. The molecule has 0 aromatic carbocycles. The Morgan fingerprint density at radius 2 is 2.25 bits per heavy atom. The summed E-state index contributed by atoms with van der Waals surface area (Å²) in [7, 11) is 0. The van der Waals surface area contributed by atoms with Crippen molar-refractivity contribution < 1.29 is 17.9 Å². The lowest BCUT2D eigenvalue weighted by Crippen LogP contribution is -2.23. The maximum absolute atomic E-state index is 11.7. The molecule has 0 amide bonds. The second-order valence-corrected chi connectivity index (χ2v) is 3.32. The molecule has 0 atom stereocenters. The summed E-state index contributed by atoms with van der Waals surface area (Å²) in [5.74, 6) is 0. The number of H-pyrrole nitrogens is 1. The highest BCUT2D eigenvalue weighted by Gasteiger charge is 2.27. The van der Waals surface area contributed by atoms with E-state index in [9.17, 15) is 13.2 Å². The largest absolute Gasteiger partial charge is 0.411 e. The van der Waals surface area contributed by atoms with Gasteiger partial charge >= 0.3 is 6.18 Å². The number of hydrogen-bond acceptors (Lipinski definition) is 3. The molecule has 0 spiro atoms. The fourth-order valence-electron chi connectivity index (χ4n) is 1.10. The topological polar surface area (TPSA) is 49.9 Å². The first kappa shape index (κ1) is 13.0. The standard InChI is InChI=1S/C9H14F3N3O/c1-7-8(15-6-14-7)4-13-2-3-16-5-9(10,11)12/h6,13H,2-5H2,1H3,(H,14,15). The third-order valence-electron chi connectivity index (χ3n) is 1.92. The van der Waals surface area contributed by atoms with Crippen LogP contribution in [-0.4, -0.2) is 35.9 Å². The second kappa shape index (κ2) is 5.86. The molecule has 1 aromatic heterocycles. The molecule has 4 nitrogen and oxygen atoms in total. The van der Waals surface area contributed by atoms with Gasteiger partial charge in [0.2, 0.25) is 0 Å². The van der Waals surface area contributed by atoms with Gasteiger partial charge in [0.1, 0.15) is 6.61 Å². The summed E-state index contributed by atoms with van der Waals surface area (Å²) in [5, 5.41) is 2.94. The number of hydrogen-bond donors (Lipinski definition) is 2. The van der Waals surface area contributed by atoms with Crippen LogP contribution in [0.5, 0.6) is 0 Å². The molecule has 0 radical (unpaired) electrons. The first-order chi connectivity index (χ1) is 7.49. The molecule has 1 heterocycles. The van der Waals surface area contributed by atoms with E-state index in [4.69, 9.17) is 0 Å². The van der Waals surface area contributed by atoms with Gasteiger partial charge in [-0.25, -0.2) is 4.98 Å². The Morgan fingerprint density at radius 3 is 2.81 bits per heavy atom. The van der Waals surface area contributed by atoms with Gasteiger partial charge in [-0.3, -0.25) is 0 Å². The van der Waals surface area contributed by atoms with Crippen molar-refractivity contribution in [1.29, 1.82) is 0 Å². The van der Waals surface area contributed by atoms with Crippen LogP contribution in [0.4, 0.5) is 13.2 Å². The highest BCUT2D eigenvalue weighted by Crippen LogP contribution is 2.13. The average Bonchev–Trinajstić information content (AvgIpc) is 2.56. The predicted molar refractivity (Wildman–Crippen MR) is 51.9 cm³/mol. The summed E-state index contributed by atoms with van der Waals surface area (Å²) in [6, 6.07) is 0. The van der Waals surface area contributed by atoms with Gasteiger partial charge in [0.25, 0.3) is 0 Å². The summed E-state index contributed by atoms with van der Waals surface area (Å²) in [5.41, 5.74) is 1.81. The number of nitrogens with zero attached hydrogens (tertiary/aromatic N) is 1. The number of alkyl halides is 3. The van der Waals surface area contributed by atoms with Crippen LogP contribution < -0.4 is 5.32 Å². The van der Waals surface area contributed by atoms with Gasteiger partial charge in [-0.1, -0.05) is 0 Å². The van der Waals surface area contributed by atoms with E-state index >= 15 is 0 Å². The lowest BCUT2D eigenvalue weighted by Gasteiger charge is -2.07. The lowest BCUT2D eigenvalue weighted by atomic mass is 10.3. The van der Waals surface area contributed by atoms with Crippen molar-refractivity contribution in [1.82, 2.24) is 15.3 Å². The van der Waals surface area contributed by atoms with Crippen molar-refractivity contribution in [3.8, 4) is 0 Å². The van der Waals surface area contributed by atoms with Gasteiger partial charge in [0.05, 0.1) is 18.6 Å². The molecule has 0 aliphatic carbocycles. The van der Waals surface area contributed by atoms with Crippen molar-refractivity contribution in [3.05, 3.63) is 17.7 Å². The third-order valence-corrected chi connectivity index (χ3v) is 1.92. The first-order valence-corrected chi connectivity index (χ1v) is 4.83. The SMILES string of the molecule is Cc1[nH]cnc1CNCCOCC(F)(F)F. The molecule has 2 N–H and O–H groups in total. The number of nitrogens with one attached hydrogen (secondary N) is 2. The zero-order valence-electron chi connectivity index (χ0n) is 8.90. The summed E-state index contributed by atoms with van der Waals surface area (Å²) < 4.78 is 39.5. The third kappa shape index (κ3) is 5.13. The Balaban J connectivity index is 2.03. The van der Waals surface area contributed by atoms with Crippen LogP contribution in [0.2, 0.25) is 0 Å². The van der Waals surface area contributed by atoms with Crippen molar-refractivity contribution in [2.45, 2.75) is 19.6 Å². The monoisotopic (exact) mass is 237 g/mol. The van der Waals surface area contributed by atoms with Crippen molar-refractivity contribution in [2.75, 3.05) is 19.8 Å². The summed E-state index contributed by atoms with van der Waals surface area (Å²) >= 11 is 0. The van der Waals surface area contributed by atoms with Gasteiger partial charge in [0.15, 0.2) is 0 Å². The summed E-state index contributed by atoms with van der Waals surface area (Å²) in [6.45, 7) is 1.59. The average molecular weight is 237 g/mol. The van der Waals surface area contributed by atoms with Gasteiger partial charge in [-0.05, 0) is 6.92 Å². The number of rotatable bonds is 6. The van der Waals surface area contributed by atoms with E-state index in [-0.39, 0.29) is 6.61 Å². The highest BCUT2D eigenvalue weighted by atomic mass is 19.4. The van der Waals surface area contributed by atoms with E-state index in [2.05, 4.69) is 20.0 Å². The van der Waals surface area contributed by atoms with Crippen molar-refractivity contribution >= 4 is 0 Å². The van der Waals surface area contributed by atoms with Gasteiger partial charge in [0, 0.05) is 18.8 Å². The quantitative estimate of drug-likeness (QED) is 0.735. The molecule has 0 bridgehead atoms. The van der Waals surface area contributed by atoms with Crippen molar-refractivity contribution in [2.24, 2.45) is 0 Å². The van der Waals surface area contributed by atoms with Gasteiger partial charge in [-0.2, -0.15) is 13.2 Å². The minimum atomic E-state index is -4.25. The van der Waals surface area contributed by atoms with Crippen LogP contribution >= 0.6 is 0 Å². The molecule has 16 heavy (non-hydrogen) atoms. The molecule has 0 aliphatic heterocycles. The van der Waals surface area contributed by atoms with Crippen molar-refractivity contribution in [3.63, 3.8) is 0 Å². The number of ether oxygens (including phenoxy) is 1. The van der Waals surface area contributed by atoms with Crippen LogP contribution in [0.15, 0.2) is 6.33 Å². The number of aryl methyl sites for hydroxylation is 1. The molecule has 0 fully saturated rings. The second-order valence-electron chi connectivity index (χ2n) is 3.32. The molecular formula is C9H14F3N3O. The molecule has 92 valence electrons. The maximum Gasteiger partial charge on any atom is 0.411 e. The van der Waals surface area contributed by atoms with E-state index in [1.54, 1.807) is 6.33 Å². The van der Waals surface area contributed by atoms with E-state index in [1.807, 2.05) is 6.92 Å². The lowest BCUT2D eigenvalue weighted by molar-refractivity contribution is -0.173. The van der Waals surface area contributed by atoms with E-state index < -0.39 is 12.8 Å². The number of imidazole rings is 1. The fourth-order valence-corrected chi connectivity index (χ4v) is 1.10. The molecule has 1 rings (SSSR count). The van der Waals surface area contributed by atoms with Crippen LogP contribution in [0, 0.1) is 6.92 Å². The van der Waals surface area contributed by atoms with Crippen LogP contribution in [0.25, 0.3) is 0 Å². The van der Waals surface area contributed by atoms with Crippen LogP contribution in [-0.2, 0) is 11.3 Å². The molecule has 1 aromatic rings. The zero-order valence-corrected chi connectivity index (χ0v) is 8.90. The fraction of sp³-hybridized carbons (Fsp3) is 0.667. The van der Waals surface area contributed by atoms with Gasteiger partial charge < -0.3 is 15.0 Å². The van der Waals surface area contributed by atoms with E-state index in [1.165, 1.54) is 0 Å². The summed E-state index contributed by atoms with van der Waals surface area (Å²) in [6.07, 6.45) is -2.68. The number of halogens is 3. The smallest absolute Gasteiger partial charge is 0.371 e. The highest BCUT2D eigenvalue weighted by molar-refractivity contribution is 5.07. The summed E-state index contributed by atoms with van der Waals surface area (Å²) in [4.78, 5) is 6.94. The van der Waals surface area contributed by atoms with Crippen LogP contribution in [0.3, 0.4) is 0 Å². The Bertz CT molecular complexity index is 311. The Kier molecular flexibility index (Phi) is 4.75. The Morgan fingerprint density at radius 1 is 1.50 bits per heavy atom. The number of aromatic nitrogens is 2. The normalized spacial score (nSPS) is 12.0. The van der Waals surface area contributed by atoms with E-state index in [0.29, 0.717) is 13.1 Å². The Labute approximate surface area is 91.2 Å². The minimum absolute atomic E-state index is 0.0307. The molecule has 0 unspecified atom stereocenters. The minimum Gasteiger partial charge on any atom is -0.371 e. The molecule has 0 saturated carbocycles. The van der Waals surface area contributed by atoms with E-state index in [0.717, 1.165) is 11.4 Å². The Hall–Kier alpha value is -1.08.